The van der Waals surface area contributed by atoms with Gasteiger partial charge in [0, 0.05) is 12.7 Å². The SMILES string of the molecule is Cn1c(SCC(=O)Nc2ccc(Oc3ccccc3)cc2)nnc1-c1ccccc1F. The molecule has 0 saturated heterocycles. The fraction of sp³-hybridized carbons (Fsp3) is 0.0870. The highest BCUT2D eigenvalue weighted by atomic mass is 32.2. The Kier molecular flexibility index (Phi) is 6.28. The predicted molar refractivity (Wildman–Crippen MR) is 119 cm³/mol. The predicted octanol–water partition coefficient (Wildman–Crippen LogP) is 5.14. The van der Waals surface area contributed by atoms with Gasteiger partial charge in [-0.25, -0.2) is 4.39 Å². The third-order valence-electron chi connectivity index (χ3n) is 4.40. The summed E-state index contributed by atoms with van der Waals surface area (Å²) in [4.78, 5) is 12.3. The largest absolute Gasteiger partial charge is 0.457 e. The van der Waals surface area contributed by atoms with Crippen molar-refractivity contribution in [3.63, 3.8) is 0 Å². The molecule has 0 atom stereocenters. The molecule has 1 N–H and O–H groups in total. The van der Waals surface area contributed by atoms with Crippen LogP contribution in [0.5, 0.6) is 11.5 Å². The van der Waals surface area contributed by atoms with Crippen LogP contribution in [0.1, 0.15) is 0 Å². The van der Waals surface area contributed by atoms with Crippen molar-refractivity contribution in [1.82, 2.24) is 14.8 Å². The maximum absolute atomic E-state index is 14.0. The van der Waals surface area contributed by atoms with Crippen LogP contribution in [-0.2, 0) is 11.8 Å². The molecule has 156 valence electrons. The molecule has 0 bridgehead atoms. The highest BCUT2D eigenvalue weighted by molar-refractivity contribution is 7.99. The lowest BCUT2D eigenvalue weighted by Gasteiger charge is -2.08. The summed E-state index contributed by atoms with van der Waals surface area (Å²) in [5.74, 6) is 1.43. The van der Waals surface area contributed by atoms with E-state index in [0.717, 1.165) is 5.75 Å². The number of para-hydroxylation sites is 1. The second-order valence-electron chi connectivity index (χ2n) is 6.62. The molecule has 1 amide bonds. The van der Waals surface area contributed by atoms with Gasteiger partial charge in [0.05, 0.1) is 11.3 Å². The average molecular weight is 434 g/mol. The van der Waals surface area contributed by atoms with Gasteiger partial charge in [-0.3, -0.25) is 4.79 Å². The number of anilines is 1. The molecule has 0 fully saturated rings. The van der Waals surface area contributed by atoms with E-state index in [0.29, 0.717) is 28.0 Å². The van der Waals surface area contributed by atoms with Crippen LogP contribution in [0.3, 0.4) is 0 Å². The molecule has 0 unspecified atom stereocenters. The first kappa shape index (κ1) is 20.6. The van der Waals surface area contributed by atoms with E-state index < -0.39 is 0 Å². The fourth-order valence-corrected chi connectivity index (χ4v) is 3.59. The zero-order valence-electron chi connectivity index (χ0n) is 16.7. The molecular formula is C23H19FN4O2S. The lowest BCUT2D eigenvalue weighted by atomic mass is 10.2. The van der Waals surface area contributed by atoms with Crippen molar-refractivity contribution in [1.29, 1.82) is 0 Å². The smallest absolute Gasteiger partial charge is 0.234 e. The maximum Gasteiger partial charge on any atom is 0.234 e. The molecule has 1 aromatic heterocycles. The van der Waals surface area contributed by atoms with E-state index in [2.05, 4.69) is 15.5 Å². The van der Waals surface area contributed by atoms with E-state index in [-0.39, 0.29) is 17.5 Å². The molecule has 0 aliphatic carbocycles. The number of thioether (sulfide) groups is 1. The van der Waals surface area contributed by atoms with Crippen molar-refractivity contribution in [2.45, 2.75) is 5.16 Å². The van der Waals surface area contributed by atoms with Crippen LogP contribution < -0.4 is 10.1 Å². The lowest BCUT2D eigenvalue weighted by Crippen LogP contribution is -2.14. The summed E-state index contributed by atoms with van der Waals surface area (Å²) in [6.07, 6.45) is 0. The van der Waals surface area contributed by atoms with Gasteiger partial charge in [0.2, 0.25) is 5.91 Å². The molecule has 0 aliphatic rings. The molecule has 1 heterocycles. The average Bonchev–Trinajstić information content (AvgIpc) is 3.15. The Morgan fingerprint density at radius 3 is 2.39 bits per heavy atom. The Labute approximate surface area is 183 Å². The number of aromatic nitrogens is 3. The van der Waals surface area contributed by atoms with Gasteiger partial charge >= 0.3 is 0 Å². The van der Waals surface area contributed by atoms with Crippen molar-refractivity contribution in [2.24, 2.45) is 7.05 Å². The zero-order chi connectivity index (χ0) is 21.6. The fourth-order valence-electron chi connectivity index (χ4n) is 2.88. The van der Waals surface area contributed by atoms with E-state index >= 15 is 0 Å². The molecule has 3 aromatic carbocycles. The number of hydrogen-bond donors (Lipinski definition) is 1. The van der Waals surface area contributed by atoms with Crippen molar-refractivity contribution in [3.05, 3.63) is 84.7 Å². The molecular weight excluding hydrogens is 415 g/mol. The third kappa shape index (κ3) is 5.10. The number of nitrogens with zero attached hydrogens (tertiary/aromatic N) is 3. The van der Waals surface area contributed by atoms with Gasteiger partial charge in [-0.15, -0.1) is 10.2 Å². The van der Waals surface area contributed by atoms with Crippen molar-refractivity contribution < 1.29 is 13.9 Å². The number of halogens is 1. The van der Waals surface area contributed by atoms with Crippen LogP contribution in [-0.4, -0.2) is 26.4 Å². The van der Waals surface area contributed by atoms with Gasteiger partial charge in [-0.1, -0.05) is 42.1 Å². The van der Waals surface area contributed by atoms with Gasteiger partial charge in [0.1, 0.15) is 17.3 Å². The molecule has 4 rings (SSSR count). The first-order chi connectivity index (χ1) is 15.1. The van der Waals surface area contributed by atoms with Crippen LogP contribution in [0.15, 0.2) is 84.0 Å². The van der Waals surface area contributed by atoms with Gasteiger partial charge < -0.3 is 14.6 Å². The van der Waals surface area contributed by atoms with Crippen LogP contribution >= 0.6 is 11.8 Å². The van der Waals surface area contributed by atoms with Crippen LogP contribution in [0.25, 0.3) is 11.4 Å². The molecule has 0 spiro atoms. The second-order valence-corrected chi connectivity index (χ2v) is 7.56. The number of rotatable bonds is 7. The van der Waals surface area contributed by atoms with E-state index in [4.69, 9.17) is 4.74 Å². The Morgan fingerprint density at radius 1 is 0.968 bits per heavy atom. The Hall–Kier alpha value is -3.65. The molecule has 4 aromatic rings. The summed E-state index contributed by atoms with van der Waals surface area (Å²) < 4.78 is 21.4. The molecule has 0 saturated carbocycles. The van der Waals surface area contributed by atoms with Crippen molar-refractivity contribution >= 4 is 23.4 Å². The summed E-state index contributed by atoms with van der Waals surface area (Å²) in [7, 11) is 1.74. The van der Waals surface area contributed by atoms with E-state index in [1.54, 1.807) is 54.1 Å². The molecule has 8 heteroatoms. The summed E-state index contributed by atoms with van der Waals surface area (Å²) in [5.41, 5.74) is 1.03. The minimum absolute atomic E-state index is 0.144. The highest BCUT2D eigenvalue weighted by Crippen LogP contribution is 2.25. The van der Waals surface area contributed by atoms with Crippen LogP contribution in [0.4, 0.5) is 10.1 Å². The summed E-state index contributed by atoms with van der Waals surface area (Å²) in [5, 5.41) is 11.5. The van der Waals surface area contributed by atoms with E-state index in [1.807, 2.05) is 30.3 Å². The lowest BCUT2D eigenvalue weighted by molar-refractivity contribution is -0.113. The maximum atomic E-state index is 14.0. The van der Waals surface area contributed by atoms with Crippen molar-refractivity contribution in [3.8, 4) is 22.9 Å². The minimum Gasteiger partial charge on any atom is -0.457 e. The molecule has 0 radical (unpaired) electrons. The number of carbonyl (C=O) groups is 1. The Morgan fingerprint density at radius 2 is 1.65 bits per heavy atom. The van der Waals surface area contributed by atoms with Crippen LogP contribution in [0, 0.1) is 5.82 Å². The van der Waals surface area contributed by atoms with Gasteiger partial charge in [-0.2, -0.15) is 0 Å². The van der Waals surface area contributed by atoms with Crippen LogP contribution in [0.2, 0.25) is 0 Å². The number of hydrogen-bond acceptors (Lipinski definition) is 5. The summed E-state index contributed by atoms with van der Waals surface area (Å²) in [6, 6.07) is 23.0. The highest BCUT2D eigenvalue weighted by Gasteiger charge is 2.15. The quantitative estimate of drug-likeness (QED) is 0.408. The number of benzene rings is 3. The number of amides is 1. The second kappa shape index (κ2) is 9.44. The summed E-state index contributed by atoms with van der Waals surface area (Å²) >= 11 is 1.23. The van der Waals surface area contributed by atoms with Gasteiger partial charge in [0.15, 0.2) is 11.0 Å². The van der Waals surface area contributed by atoms with Gasteiger partial charge in [0.25, 0.3) is 0 Å². The Balaban J connectivity index is 1.33. The van der Waals surface area contributed by atoms with Crippen molar-refractivity contribution in [2.75, 3.05) is 11.1 Å². The van der Waals surface area contributed by atoms with E-state index in [9.17, 15) is 9.18 Å². The first-order valence-corrected chi connectivity index (χ1v) is 10.5. The zero-order valence-corrected chi connectivity index (χ0v) is 17.5. The normalized spacial score (nSPS) is 10.6. The van der Waals surface area contributed by atoms with E-state index in [1.165, 1.54) is 17.8 Å². The first-order valence-electron chi connectivity index (χ1n) is 9.50. The minimum atomic E-state index is -0.369. The Bertz CT molecular complexity index is 1180. The number of ether oxygens (including phenoxy) is 1. The molecule has 31 heavy (non-hydrogen) atoms. The number of carbonyl (C=O) groups excluding carboxylic acids is 1. The number of nitrogens with one attached hydrogen (secondary N) is 1. The van der Waals surface area contributed by atoms with Gasteiger partial charge in [-0.05, 0) is 48.5 Å². The topological polar surface area (TPSA) is 69.0 Å². The monoisotopic (exact) mass is 434 g/mol. The summed E-state index contributed by atoms with van der Waals surface area (Å²) in [6.45, 7) is 0. The molecule has 6 nitrogen and oxygen atoms in total. The molecule has 0 aliphatic heterocycles. The third-order valence-corrected chi connectivity index (χ3v) is 5.42. The standard InChI is InChI=1S/C23H19FN4O2S/c1-28-22(19-9-5-6-10-20(19)24)26-27-23(28)31-15-21(29)25-16-11-13-18(14-12-16)30-17-7-3-2-4-8-17/h2-14H,15H2,1H3,(H,25,29).